The van der Waals surface area contributed by atoms with Gasteiger partial charge in [0.2, 0.25) is 0 Å². The van der Waals surface area contributed by atoms with Crippen LogP contribution in [0.25, 0.3) is 21.9 Å². The van der Waals surface area contributed by atoms with Gasteiger partial charge in [0, 0.05) is 22.4 Å². The highest BCUT2D eigenvalue weighted by Crippen LogP contribution is 2.36. The van der Waals surface area contributed by atoms with Gasteiger partial charge >= 0.3 is 0 Å². The Kier molecular flexibility index (Phi) is 6.04. The molecule has 6 nitrogen and oxygen atoms in total. The number of para-hydroxylation sites is 1. The van der Waals surface area contributed by atoms with Crippen LogP contribution in [0.3, 0.4) is 0 Å². The maximum absolute atomic E-state index is 12.5. The van der Waals surface area contributed by atoms with E-state index < -0.39 is 0 Å². The molecule has 1 aromatic heterocycles. The Balaban J connectivity index is 1.49. The lowest BCUT2D eigenvalue weighted by molar-refractivity contribution is 0.0977. The number of hydrogen-bond donors (Lipinski definition) is 2. The molecule has 4 rings (SSSR count). The van der Waals surface area contributed by atoms with Crippen molar-refractivity contribution in [2.24, 2.45) is 0 Å². The summed E-state index contributed by atoms with van der Waals surface area (Å²) in [6.45, 7) is 2.67. The molecular formula is C24H22N2O4S. The highest BCUT2D eigenvalue weighted by Gasteiger charge is 2.14. The first kappa shape index (κ1) is 20.7. The lowest BCUT2D eigenvalue weighted by Crippen LogP contribution is -2.34. The Labute approximate surface area is 185 Å². The SMILES string of the molecule is CCCOc1ccc(C(=O)NC(=S)Nc2cc3oc4ccccc4c3cc2OC)cc1. The molecule has 3 aromatic carbocycles. The van der Waals surface area contributed by atoms with Crippen LogP contribution < -0.4 is 20.1 Å². The van der Waals surface area contributed by atoms with Crippen molar-refractivity contribution in [3.05, 3.63) is 66.2 Å². The Morgan fingerprint density at radius 1 is 1.03 bits per heavy atom. The van der Waals surface area contributed by atoms with Gasteiger partial charge in [0.1, 0.15) is 22.7 Å². The standard InChI is InChI=1S/C24H22N2O4S/c1-3-12-29-16-10-8-15(9-11-16)23(27)26-24(31)25-19-14-21-18(13-22(19)28-2)17-6-4-5-7-20(17)30-21/h4-11,13-14H,3,12H2,1-2H3,(H2,25,26,27,31). The fraction of sp³-hybridized carbons (Fsp3) is 0.167. The van der Waals surface area contributed by atoms with Crippen LogP contribution in [-0.2, 0) is 0 Å². The van der Waals surface area contributed by atoms with Crippen molar-refractivity contribution in [1.29, 1.82) is 0 Å². The molecule has 0 atom stereocenters. The van der Waals surface area contributed by atoms with Crippen LogP contribution in [0.2, 0.25) is 0 Å². The van der Waals surface area contributed by atoms with Crippen LogP contribution in [-0.4, -0.2) is 24.7 Å². The van der Waals surface area contributed by atoms with Gasteiger partial charge in [-0.1, -0.05) is 25.1 Å². The third kappa shape index (κ3) is 4.46. The van der Waals surface area contributed by atoms with E-state index in [2.05, 4.69) is 10.6 Å². The van der Waals surface area contributed by atoms with Crippen LogP contribution in [0.5, 0.6) is 11.5 Å². The van der Waals surface area contributed by atoms with E-state index in [9.17, 15) is 4.79 Å². The van der Waals surface area contributed by atoms with Gasteiger partial charge in [-0.15, -0.1) is 0 Å². The number of methoxy groups -OCH3 is 1. The van der Waals surface area contributed by atoms with Crippen molar-refractivity contribution in [2.75, 3.05) is 19.0 Å². The summed E-state index contributed by atoms with van der Waals surface area (Å²) in [6, 6.07) is 18.4. The molecule has 2 N–H and O–H groups in total. The minimum atomic E-state index is -0.316. The quantitative estimate of drug-likeness (QED) is 0.390. The fourth-order valence-electron chi connectivity index (χ4n) is 3.27. The average Bonchev–Trinajstić information content (AvgIpc) is 3.14. The van der Waals surface area contributed by atoms with E-state index in [0.29, 0.717) is 29.2 Å². The number of nitrogens with one attached hydrogen (secondary N) is 2. The molecule has 31 heavy (non-hydrogen) atoms. The summed E-state index contributed by atoms with van der Waals surface area (Å²) in [6.07, 6.45) is 0.922. The van der Waals surface area contributed by atoms with Crippen molar-refractivity contribution in [2.45, 2.75) is 13.3 Å². The number of hydrogen-bond acceptors (Lipinski definition) is 5. The van der Waals surface area contributed by atoms with Crippen LogP contribution in [0, 0.1) is 0 Å². The number of thiocarbonyl (C=S) groups is 1. The average molecular weight is 435 g/mol. The molecule has 0 spiro atoms. The summed E-state index contributed by atoms with van der Waals surface area (Å²) in [5, 5.41) is 7.82. The van der Waals surface area contributed by atoms with E-state index in [0.717, 1.165) is 28.5 Å². The van der Waals surface area contributed by atoms with Crippen molar-refractivity contribution in [3.8, 4) is 11.5 Å². The van der Waals surface area contributed by atoms with Crippen molar-refractivity contribution >= 4 is 50.9 Å². The van der Waals surface area contributed by atoms with E-state index >= 15 is 0 Å². The number of rotatable bonds is 6. The minimum absolute atomic E-state index is 0.157. The molecule has 1 heterocycles. The third-order valence-electron chi connectivity index (χ3n) is 4.76. The molecule has 0 aliphatic heterocycles. The number of ether oxygens (including phenoxy) is 2. The first-order valence-electron chi connectivity index (χ1n) is 9.93. The second-order valence-electron chi connectivity index (χ2n) is 6.93. The van der Waals surface area contributed by atoms with Gasteiger partial charge in [-0.2, -0.15) is 0 Å². The summed E-state index contributed by atoms with van der Waals surface area (Å²) < 4.78 is 17.0. The lowest BCUT2D eigenvalue weighted by Gasteiger charge is -2.13. The Morgan fingerprint density at radius 2 is 1.81 bits per heavy atom. The second kappa shape index (κ2) is 9.06. The summed E-state index contributed by atoms with van der Waals surface area (Å²) in [7, 11) is 1.58. The van der Waals surface area contributed by atoms with E-state index in [1.165, 1.54) is 0 Å². The Morgan fingerprint density at radius 3 is 2.55 bits per heavy atom. The normalized spacial score (nSPS) is 10.8. The van der Waals surface area contributed by atoms with E-state index in [4.69, 9.17) is 26.1 Å². The number of carbonyl (C=O) groups is 1. The number of benzene rings is 3. The predicted molar refractivity (Wildman–Crippen MR) is 126 cm³/mol. The van der Waals surface area contributed by atoms with E-state index in [-0.39, 0.29) is 11.0 Å². The van der Waals surface area contributed by atoms with Gasteiger partial charge in [0.25, 0.3) is 5.91 Å². The highest BCUT2D eigenvalue weighted by molar-refractivity contribution is 7.80. The predicted octanol–water partition coefficient (Wildman–Crippen LogP) is 5.51. The number of carbonyl (C=O) groups excluding carboxylic acids is 1. The van der Waals surface area contributed by atoms with E-state index in [1.54, 1.807) is 31.4 Å². The lowest BCUT2D eigenvalue weighted by atomic mass is 10.1. The van der Waals surface area contributed by atoms with Crippen LogP contribution >= 0.6 is 12.2 Å². The number of amides is 1. The maximum Gasteiger partial charge on any atom is 0.257 e. The van der Waals surface area contributed by atoms with Crippen molar-refractivity contribution in [3.63, 3.8) is 0 Å². The largest absolute Gasteiger partial charge is 0.495 e. The van der Waals surface area contributed by atoms with Crippen molar-refractivity contribution in [1.82, 2.24) is 5.32 Å². The third-order valence-corrected chi connectivity index (χ3v) is 4.97. The smallest absolute Gasteiger partial charge is 0.257 e. The maximum atomic E-state index is 12.5. The molecule has 0 fully saturated rings. The molecule has 4 aromatic rings. The van der Waals surface area contributed by atoms with Gasteiger partial charge in [-0.3, -0.25) is 10.1 Å². The van der Waals surface area contributed by atoms with Gasteiger partial charge in [-0.05, 0) is 55.0 Å². The highest BCUT2D eigenvalue weighted by atomic mass is 32.1. The monoisotopic (exact) mass is 434 g/mol. The first-order valence-corrected chi connectivity index (χ1v) is 10.3. The number of fused-ring (bicyclic) bond motifs is 3. The number of anilines is 1. The molecule has 158 valence electrons. The number of furan rings is 1. The zero-order valence-corrected chi connectivity index (χ0v) is 18.0. The van der Waals surface area contributed by atoms with E-state index in [1.807, 2.05) is 43.3 Å². The summed E-state index contributed by atoms with van der Waals surface area (Å²) >= 11 is 5.34. The molecule has 0 saturated heterocycles. The van der Waals surface area contributed by atoms with Crippen LogP contribution in [0.4, 0.5) is 5.69 Å². The fourth-order valence-corrected chi connectivity index (χ4v) is 3.47. The molecule has 7 heteroatoms. The van der Waals surface area contributed by atoms with Gasteiger partial charge < -0.3 is 19.2 Å². The van der Waals surface area contributed by atoms with Crippen molar-refractivity contribution < 1.29 is 18.7 Å². The molecular weight excluding hydrogens is 412 g/mol. The Hall–Kier alpha value is -3.58. The van der Waals surface area contributed by atoms with Gasteiger partial charge in [0.15, 0.2) is 5.11 Å². The topological polar surface area (TPSA) is 72.7 Å². The second-order valence-corrected chi connectivity index (χ2v) is 7.34. The summed E-state index contributed by atoms with van der Waals surface area (Å²) in [4.78, 5) is 12.5. The zero-order chi connectivity index (χ0) is 21.8. The summed E-state index contributed by atoms with van der Waals surface area (Å²) in [5.74, 6) is 0.999. The van der Waals surface area contributed by atoms with Gasteiger partial charge in [0.05, 0.1) is 19.4 Å². The molecule has 0 saturated carbocycles. The molecule has 0 unspecified atom stereocenters. The van der Waals surface area contributed by atoms with Crippen LogP contribution in [0.1, 0.15) is 23.7 Å². The molecule has 0 aliphatic rings. The molecule has 0 aliphatic carbocycles. The first-order chi connectivity index (χ1) is 15.1. The molecule has 1 amide bonds. The minimum Gasteiger partial charge on any atom is -0.495 e. The molecule has 0 bridgehead atoms. The molecule has 0 radical (unpaired) electrons. The zero-order valence-electron chi connectivity index (χ0n) is 17.2. The van der Waals surface area contributed by atoms with Crippen LogP contribution in [0.15, 0.2) is 65.1 Å². The summed E-state index contributed by atoms with van der Waals surface area (Å²) in [5.41, 5.74) is 2.57. The van der Waals surface area contributed by atoms with Gasteiger partial charge in [-0.25, -0.2) is 0 Å². The Bertz CT molecular complexity index is 1250.